The maximum atomic E-state index is 12.9. The van der Waals surface area contributed by atoms with E-state index in [2.05, 4.69) is 6.58 Å². The van der Waals surface area contributed by atoms with E-state index in [0.29, 0.717) is 0 Å². The standard InChI is InChI=1S/C15H12Cl2N2O4S/c1-2-9-18(11-7-8-12(16)13(17)10-11)24(22,23)15-6-4-3-5-14(15)19(20)21/h2-8,10H,1,9H2. The minimum atomic E-state index is -4.20. The van der Waals surface area contributed by atoms with E-state index in [-0.39, 0.29) is 22.3 Å². The van der Waals surface area contributed by atoms with Crippen LogP contribution >= 0.6 is 23.2 Å². The van der Waals surface area contributed by atoms with Crippen LogP contribution in [0.1, 0.15) is 0 Å². The van der Waals surface area contributed by atoms with Crippen molar-refractivity contribution in [1.29, 1.82) is 0 Å². The van der Waals surface area contributed by atoms with E-state index in [0.717, 1.165) is 10.4 Å². The Bertz CT molecular complexity index is 900. The zero-order chi connectivity index (χ0) is 17.9. The lowest BCUT2D eigenvalue weighted by molar-refractivity contribution is -0.387. The molecule has 126 valence electrons. The molecule has 6 nitrogen and oxygen atoms in total. The zero-order valence-electron chi connectivity index (χ0n) is 12.2. The van der Waals surface area contributed by atoms with Crippen LogP contribution in [0.15, 0.2) is 60.0 Å². The largest absolute Gasteiger partial charge is 0.289 e. The Morgan fingerprint density at radius 1 is 1.17 bits per heavy atom. The topological polar surface area (TPSA) is 80.5 Å². The molecule has 24 heavy (non-hydrogen) atoms. The van der Waals surface area contributed by atoms with E-state index in [1.807, 2.05) is 0 Å². The van der Waals surface area contributed by atoms with Crippen molar-refractivity contribution in [3.8, 4) is 0 Å². The normalized spacial score (nSPS) is 11.1. The molecular weight excluding hydrogens is 375 g/mol. The first-order valence-corrected chi connectivity index (χ1v) is 8.80. The van der Waals surface area contributed by atoms with Crippen molar-refractivity contribution in [3.05, 3.63) is 75.3 Å². The highest BCUT2D eigenvalue weighted by Crippen LogP contribution is 2.33. The second-order valence-corrected chi connectivity index (χ2v) is 7.29. The SMILES string of the molecule is C=CCN(c1ccc(Cl)c(Cl)c1)S(=O)(=O)c1ccccc1[N+](=O)[O-]. The highest BCUT2D eigenvalue weighted by Gasteiger charge is 2.31. The van der Waals surface area contributed by atoms with Crippen molar-refractivity contribution >= 4 is 44.6 Å². The number of rotatable bonds is 6. The van der Waals surface area contributed by atoms with E-state index in [9.17, 15) is 18.5 Å². The van der Waals surface area contributed by atoms with Gasteiger partial charge in [-0.2, -0.15) is 0 Å². The summed E-state index contributed by atoms with van der Waals surface area (Å²) in [6.45, 7) is 3.44. The average Bonchev–Trinajstić information content (AvgIpc) is 2.55. The molecule has 0 aliphatic carbocycles. The Hall–Kier alpha value is -2.09. The van der Waals surface area contributed by atoms with E-state index in [1.54, 1.807) is 0 Å². The molecular formula is C15H12Cl2N2O4S. The monoisotopic (exact) mass is 386 g/mol. The molecule has 0 heterocycles. The fraction of sp³-hybridized carbons (Fsp3) is 0.0667. The third kappa shape index (κ3) is 3.53. The summed E-state index contributed by atoms with van der Waals surface area (Å²) in [6, 6.07) is 9.41. The summed E-state index contributed by atoms with van der Waals surface area (Å²) in [4.78, 5) is 9.99. The summed E-state index contributed by atoms with van der Waals surface area (Å²) in [7, 11) is -4.20. The summed E-state index contributed by atoms with van der Waals surface area (Å²) in [6.07, 6.45) is 1.37. The van der Waals surface area contributed by atoms with Gasteiger partial charge in [0.1, 0.15) is 0 Å². The van der Waals surface area contributed by atoms with Crippen molar-refractivity contribution < 1.29 is 13.3 Å². The molecule has 0 saturated heterocycles. The second kappa shape index (κ2) is 7.21. The molecule has 0 spiro atoms. The Labute approximate surface area is 149 Å². The summed E-state index contributed by atoms with van der Waals surface area (Å²) >= 11 is 11.8. The van der Waals surface area contributed by atoms with Gasteiger partial charge in [-0.15, -0.1) is 6.58 Å². The van der Waals surface area contributed by atoms with Crippen LogP contribution in [0.2, 0.25) is 10.0 Å². The van der Waals surface area contributed by atoms with Crippen molar-refractivity contribution in [2.45, 2.75) is 4.90 Å². The Balaban J connectivity index is 2.64. The van der Waals surface area contributed by atoms with E-state index in [4.69, 9.17) is 23.2 Å². The number of hydrogen-bond acceptors (Lipinski definition) is 4. The molecule has 0 aromatic heterocycles. The zero-order valence-corrected chi connectivity index (χ0v) is 14.6. The molecule has 0 aliphatic heterocycles. The van der Waals surface area contributed by atoms with Crippen LogP contribution in [0, 0.1) is 10.1 Å². The van der Waals surface area contributed by atoms with Gasteiger partial charge in [-0.3, -0.25) is 14.4 Å². The van der Waals surface area contributed by atoms with Gasteiger partial charge in [-0.1, -0.05) is 41.4 Å². The maximum absolute atomic E-state index is 12.9. The van der Waals surface area contributed by atoms with E-state index < -0.39 is 25.5 Å². The molecule has 2 aromatic carbocycles. The number of benzene rings is 2. The number of sulfonamides is 1. The van der Waals surface area contributed by atoms with Crippen LogP contribution in [-0.4, -0.2) is 19.9 Å². The first-order valence-electron chi connectivity index (χ1n) is 6.61. The summed E-state index contributed by atoms with van der Waals surface area (Å²) in [5.41, 5.74) is -0.283. The van der Waals surface area contributed by atoms with Crippen molar-refractivity contribution in [2.75, 3.05) is 10.8 Å². The third-order valence-corrected chi connectivity index (χ3v) is 5.70. The fourth-order valence-corrected chi connectivity index (χ4v) is 3.92. The number of anilines is 1. The van der Waals surface area contributed by atoms with Crippen LogP contribution in [0.25, 0.3) is 0 Å². The molecule has 0 aliphatic rings. The van der Waals surface area contributed by atoms with Crippen LogP contribution in [0.4, 0.5) is 11.4 Å². The minimum Gasteiger partial charge on any atom is -0.262 e. The van der Waals surface area contributed by atoms with Gasteiger partial charge in [0, 0.05) is 6.07 Å². The van der Waals surface area contributed by atoms with Crippen LogP contribution in [0.3, 0.4) is 0 Å². The number of nitro groups is 1. The highest BCUT2D eigenvalue weighted by molar-refractivity contribution is 7.93. The molecule has 9 heteroatoms. The van der Waals surface area contributed by atoms with Crippen LogP contribution < -0.4 is 4.31 Å². The second-order valence-electron chi connectivity index (χ2n) is 4.65. The van der Waals surface area contributed by atoms with Gasteiger partial charge < -0.3 is 0 Å². The Morgan fingerprint density at radius 2 is 1.83 bits per heavy atom. The first-order chi connectivity index (χ1) is 11.3. The molecule has 0 bridgehead atoms. The minimum absolute atomic E-state index is 0.0909. The van der Waals surface area contributed by atoms with Crippen molar-refractivity contribution in [2.24, 2.45) is 0 Å². The predicted molar refractivity (Wildman–Crippen MR) is 94.3 cm³/mol. The number of nitro benzene ring substituents is 1. The lowest BCUT2D eigenvalue weighted by atomic mass is 10.3. The van der Waals surface area contributed by atoms with Crippen LogP contribution in [-0.2, 0) is 10.0 Å². The summed E-state index contributed by atoms with van der Waals surface area (Å²) in [5, 5.41) is 11.6. The van der Waals surface area contributed by atoms with Crippen LogP contribution in [0.5, 0.6) is 0 Å². The van der Waals surface area contributed by atoms with E-state index in [1.165, 1.54) is 42.5 Å². The molecule has 0 amide bonds. The van der Waals surface area contributed by atoms with Crippen molar-refractivity contribution in [3.63, 3.8) is 0 Å². The molecule has 2 aromatic rings. The van der Waals surface area contributed by atoms with Gasteiger partial charge in [-0.05, 0) is 24.3 Å². The van der Waals surface area contributed by atoms with Gasteiger partial charge in [0.05, 0.1) is 27.2 Å². The molecule has 2 rings (SSSR count). The number of para-hydroxylation sites is 1. The smallest absolute Gasteiger partial charge is 0.262 e. The highest BCUT2D eigenvalue weighted by atomic mass is 35.5. The molecule has 0 saturated carbocycles. The first kappa shape index (κ1) is 18.3. The predicted octanol–water partition coefficient (Wildman–Crippen LogP) is 4.28. The quantitative estimate of drug-likeness (QED) is 0.421. The fourth-order valence-electron chi connectivity index (χ4n) is 2.04. The summed E-state index contributed by atoms with van der Waals surface area (Å²) < 4.78 is 26.9. The molecule has 0 atom stereocenters. The van der Waals surface area contributed by atoms with Crippen molar-refractivity contribution in [1.82, 2.24) is 0 Å². The van der Waals surface area contributed by atoms with Gasteiger partial charge in [0.25, 0.3) is 15.7 Å². The van der Waals surface area contributed by atoms with Gasteiger partial charge in [-0.25, -0.2) is 8.42 Å². The maximum Gasteiger partial charge on any atom is 0.289 e. The lowest BCUT2D eigenvalue weighted by Gasteiger charge is -2.23. The number of halogens is 2. The molecule has 0 unspecified atom stereocenters. The Morgan fingerprint density at radius 3 is 2.42 bits per heavy atom. The molecule has 0 fully saturated rings. The summed E-state index contributed by atoms with van der Waals surface area (Å²) in [5.74, 6) is 0. The van der Waals surface area contributed by atoms with Gasteiger partial charge in [0.2, 0.25) is 0 Å². The third-order valence-electron chi connectivity index (χ3n) is 3.12. The van der Waals surface area contributed by atoms with Gasteiger partial charge in [0.15, 0.2) is 4.90 Å². The molecule has 0 radical (unpaired) electrons. The lowest BCUT2D eigenvalue weighted by Crippen LogP contribution is -2.31. The molecule has 0 N–H and O–H groups in total. The van der Waals surface area contributed by atoms with Gasteiger partial charge >= 0.3 is 0 Å². The average molecular weight is 387 g/mol. The number of hydrogen-bond donors (Lipinski definition) is 0. The van der Waals surface area contributed by atoms with E-state index >= 15 is 0 Å². The number of nitrogens with zero attached hydrogens (tertiary/aromatic N) is 2. The Kier molecular flexibility index (Phi) is 5.48.